The largest absolute Gasteiger partial charge is 0.534 e. The second-order valence-corrected chi connectivity index (χ2v) is 9.79. The summed E-state index contributed by atoms with van der Waals surface area (Å²) in [6.07, 6.45) is 0. The van der Waals surface area contributed by atoms with Gasteiger partial charge in [-0.2, -0.15) is 21.6 Å². The van der Waals surface area contributed by atoms with Gasteiger partial charge in [-0.15, -0.1) is 0 Å². The molecule has 0 amide bonds. The van der Waals surface area contributed by atoms with Gasteiger partial charge in [0.05, 0.1) is 0 Å². The molecule has 0 aliphatic carbocycles. The molecule has 0 fully saturated rings. The van der Waals surface area contributed by atoms with Crippen LogP contribution in [0.3, 0.4) is 0 Å². The molecule has 30 heavy (non-hydrogen) atoms. The summed E-state index contributed by atoms with van der Waals surface area (Å²) in [5.41, 5.74) is -4.88. The Labute approximate surface area is 178 Å². The highest BCUT2D eigenvalue weighted by Crippen LogP contribution is 2.35. The molecule has 0 heterocycles. The maximum atomic E-state index is 12.9. The molecule has 3 rings (SSSR count). The van der Waals surface area contributed by atoms with E-state index < -0.39 is 36.5 Å². The number of aryl methyl sites for hydroxylation is 1. The fraction of sp³-hybridized carbons (Fsp3) is 0.100. The third-order valence-electron chi connectivity index (χ3n) is 4.06. The first kappa shape index (κ1) is 22.3. The van der Waals surface area contributed by atoms with Gasteiger partial charge in [-0.25, -0.2) is 4.21 Å². The van der Waals surface area contributed by atoms with Crippen LogP contribution in [0.25, 0.3) is 16.5 Å². The SMILES string of the molecule is Cc1ccc(S(=O)/C(Cl)=C(\OS(=O)(=O)C(F)(F)F)c2ccc3ccccc3c2)cc1. The quantitative estimate of drug-likeness (QED) is 0.271. The number of hydrogen-bond acceptors (Lipinski definition) is 4. The van der Waals surface area contributed by atoms with E-state index >= 15 is 0 Å². The van der Waals surface area contributed by atoms with Gasteiger partial charge in [-0.3, -0.25) is 0 Å². The lowest BCUT2D eigenvalue weighted by Gasteiger charge is -2.15. The molecule has 0 saturated heterocycles. The third kappa shape index (κ3) is 4.69. The predicted octanol–water partition coefficient (Wildman–Crippen LogP) is 5.69. The van der Waals surface area contributed by atoms with Gasteiger partial charge < -0.3 is 4.18 Å². The first-order chi connectivity index (χ1) is 14.0. The van der Waals surface area contributed by atoms with Crippen LogP contribution in [0.15, 0.2) is 76.0 Å². The van der Waals surface area contributed by atoms with E-state index in [1.807, 2.05) is 0 Å². The van der Waals surface area contributed by atoms with Crippen LogP contribution in [0.1, 0.15) is 11.1 Å². The molecule has 0 radical (unpaired) electrons. The number of alkyl halides is 3. The molecule has 0 saturated carbocycles. The zero-order chi connectivity index (χ0) is 22.1. The van der Waals surface area contributed by atoms with Crippen LogP contribution in [-0.4, -0.2) is 18.1 Å². The van der Waals surface area contributed by atoms with Gasteiger partial charge in [0, 0.05) is 10.5 Å². The van der Waals surface area contributed by atoms with Gasteiger partial charge in [0.15, 0.2) is 10.1 Å². The molecule has 0 aliphatic heterocycles. The van der Waals surface area contributed by atoms with Crippen LogP contribution in [0, 0.1) is 6.92 Å². The summed E-state index contributed by atoms with van der Waals surface area (Å²) in [5.74, 6) is -0.848. The number of hydrogen-bond donors (Lipinski definition) is 0. The summed E-state index contributed by atoms with van der Waals surface area (Å²) in [4.78, 5) is 0.178. The summed E-state index contributed by atoms with van der Waals surface area (Å²) >= 11 is 6.14. The van der Waals surface area contributed by atoms with Crippen LogP contribution in [0.2, 0.25) is 0 Å². The Morgan fingerprint density at radius 2 is 1.57 bits per heavy atom. The standard InChI is InChI=1S/C20H14ClF3O4S2/c1-13-6-10-17(11-7-13)29(25)19(21)18(28-30(26,27)20(22,23)24)16-9-8-14-4-2-3-5-15(14)12-16/h2-12H,1H3/b19-18-. The van der Waals surface area contributed by atoms with Crippen molar-refractivity contribution in [1.29, 1.82) is 0 Å². The number of benzene rings is 3. The van der Waals surface area contributed by atoms with E-state index in [9.17, 15) is 25.8 Å². The van der Waals surface area contributed by atoms with Crippen LogP contribution in [0.4, 0.5) is 13.2 Å². The van der Waals surface area contributed by atoms with Crippen molar-refractivity contribution in [2.45, 2.75) is 17.3 Å². The van der Waals surface area contributed by atoms with Crippen LogP contribution in [0.5, 0.6) is 0 Å². The van der Waals surface area contributed by atoms with Gasteiger partial charge in [-0.1, -0.05) is 65.7 Å². The smallest absolute Gasteiger partial charge is 0.373 e. The summed E-state index contributed by atoms with van der Waals surface area (Å²) < 4.78 is 78.7. The highest BCUT2D eigenvalue weighted by molar-refractivity contribution is 7.91. The molecule has 1 unspecified atom stereocenters. The minimum atomic E-state index is -6.04. The average Bonchev–Trinajstić information content (AvgIpc) is 2.70. The van der Waals surface area contributed by atoms with Crippen molar-refractivity contribution >= 4 is 49.1 Å². The van der Waals surface area contributed by atoms with Gasteiger partial charge in [0.25, 0.3) is 0 Å². The molecule has 0 aromatic heterocycles. The number of fused-ring (bicyclic) bond motifs is 1. The van der Waals surface area contributed by atoms with Gasteiger partial charge in [0.1, 0.15) is 10.8 Å². The molecule has 0 spiro atoms. The fourth-order valence-electron chi connectivity index (χ4n) is 2.53. The van der Waals surface area contributed by atoms with E-state index in [4.69, 9.17) is 11.6 Å². The van der Waals surface area contributed by atoms with E-state index in [0.29, 0.717) is 5.39 Å². The van der Waals surface area contributed by atoms with Crippen molar-refractivity contribution in [3.8, 4) is 0 Å². The monoisotopic (exact) mass is 474 g/mol. The lowest BCUT2D eigenvalue weighted by atomic mass is 10.1. The minimum absolute atomic E-state index is 0.0630. The van der Waals surface area contributed by atoms with Gasteiger partial charge in [0.2, 0.25) is 0 Å². The molecule has 10 heteroatoms. The lowest BCUT2D eigenvalue weighted by molar-refractivity contribution is -0.0509. The minimum Gasteiger partial charge on any atom is -0.373 e. The number of rotatable bonds is 5. The predicted molar refractivity (Wildman–Crippen MR) is 110 cm³/mol. The molecule has 1 atom stereocenters. The lowest BCUT2D eigenvalue weighted by Crippen LogP contribution is -2.25. The Morgan fingerprint density at radius 3 is 2.17 bits per heavy atom. The molecule has 3 aromatic rings. The Balaban J connectivity index is 2.18. The third-order valence-corrected chi connectivity index (χ3v) is 6.82. The molecule has 4 nitrogen and oxygen atoms in total. The molecule has 158 valence electrons. The maximum Gasteiger partial charge on any atom is 0.534 e. The van der Waals surface area contributed by atoms with E-state index in [2.05, 4.69) is 4.18 Å². The first-order valence-corrected chi connectivity index (χ1v) is 11.3. The summed E-state index contributed by atoms with van der Waals surface area (Å²) in [7, 11) is -8.22. The average molecular weight is 475 g/mol. The van der Waals surface area contributed by atoms with Crippen molar-refractivity contribution in [3.05, 3.63) is 82.2 Å². The van der Waals surface area contributed by atoms with E-state index in [1.165, 1.54) is 24.3 Å². The fourth-order valence-corrected chi connectivity index (χ4v) is 4.46. The Morgan fingerprint density at radius 1 is 0.967 bits per heavy atom. The highest BCUT2D eigenvalue weighted by Gasteiger charge is 2.49. The maximum absolute atomic E-state index is 12.9. The van der Waals surface area contributed by atoms with Crippen molar-refractivity contribution in [2.24, 2.45) is 0 Å². The second-order valence-electron chi connectivity index (χ2n) is 6.23. The van der Waals surface area contributed by atoms with Crippen molar-refractivity contribution < 1.29 is 30.0 Å². The van der Waals surface area contributed by atoms with E-state index in [-0.39, 0.29) is 10.5 Å². The highest BCUT2D eigenvalue weighted by atomic mass is 35.5. The van der Waals surface area contributed by atoms with Gasteiger partial charge >= 0.3 is 15.6 Å². The Bertz CT molecular complexity index is 1250. The Kier molecular flexibility index (Phi) is 6.26. The van der Waals surface area contributed by atoms with E-state index in [0.717, 1.165) is 10.9 Å². The zero-order valence-electron chi connectivity index (χ0n) is 15.3. The molecule has 0 aliphatic rings. The normalized spacial score (nSPS) is 14.3. The Hall–Kier alpha value is -2.36. The van der Waals surface area contributed by atoms with Crippen molar-refractivity contribution in [1.82, 2.24) is 0 Å². The molecule has 3 aromatic carbocycles. The molecular weight excluding hydrogens is 461 g/mol. The summed E-state index contributed by atoms with van der Waals surface area (Å²) in [6.45, 7) is 1.80. The van der Waals surface area contributed by atoms with E-state index in [1.54, 1.807) is 49.4 Å². The van der Waals surface area contributed by atoms with Crippen LogP contribution >= 0.6 is 11.6 Å². The molecular formula is C20H14ClF3O4S2. The first-order valence-electron chi connectivity index (χ1n) is 8.38. The topological polar surface area (TPSA) is 60.4 Å². The van der Waals surface area contributed by atoms with Crippen LogP contribution < -0.4 is 0 Å². The van der Waals surface area contributed by atoms with Gasteiger partial charge in [-0.05, 0) is 35.9 Å². The summed E-state index contributed by atoms with van der Waals surface area (Å²) in [6, 6.07) is 17.5. The van der Waals surface area contributed by atoms with Crippen LogP contribution in [-0.2, 0) is 25.1 Å². The van der Waals surface area contributed by atoms with Crippen molar-refractivity contribution in [3.63, 3.8) is 0 Å². The van der Waals surface area contributed by atoms with Crippen molar-refractivity contribution in [2.75, 3.05) is 0 Å². The molecule has 0 N–H and O–H groups in total. The number of halogens is 4. The second kappa shape index (κ2) is 8.41. The molecule has 0 bridgehead atoms. The zero-order valence-corrected chi connectivity index (χ0v) is 17.7. The summed E-state index contributed by atoms with van der Waals surface area (Å²) in [5, 5.41) is 1.36.